The van der Waals surface area contributed by atoms with Gasteiger partial charge in [-0.2, -0.15) is 0 Å². The number of allylic oxidation sites excluding steroid dienone is 1. The average Bonchev–Trinajstić information content (AvgIpc) is 2.66. The molecule has 1 aromatic carbocycles. The number of hydrogen-bond acceptors (Lipinski definition) is 3. The summed E-state index contributed by atoms with van der Waals surface area (Å²) in [6.45, 7) is 13.2. The van der Waals surface area contributed by atoms with Crippen molar-refractivity contribution in [2.45, 2.75) is 85.0 Å². The maximum atomic E-state index is 12.2. The molecule has 30 heavy (non-hydrogen) atoms. The van der Waals surface area contributed by atoms with Gasteiger partial charge in [0, 0.05) is 0 Å². The molecule has 4 heteroatoms. The Morgan fingerprint density at radius 1 is 1.30 bits per heavy atom. The monoisotopic (exact) mass is 411 g/mol. The first-order valence-corrected chi connectivity index (χ1v) is 11.3. The van der Waals surface area contributed by atoms with Gasteiger partial charge in [-0.15, -0.1) is 0 Å². The van der Waals surface area contributed by atoms with Crippen LogP contribution in [0, 0.1) is 11.3 Å². The summed E-state index contributed by atoms with van der Waals surface area (Å²) in [7, 11) is 0. The van der Waals surface area contributed by atoms with Crippen LogP contribution in [0.5, 0.6) is 0 Å². The molecule has 0 bridgehead atoms. The molecule has 0 amide bonds. The van der Waals surface area contributed by atoms with E-state index in [2.05, 4.69) is 38.1 Å². The molecule has 164 valence electrons. The van der Waals surface area contributed by atoms with Crippen molar-refractivity contribution in [1.29, 1.82) is 0 Å². The molecule has 4 nitrogen and oxygen atoms in total. The van der Waals surface area contributed by atoms with E-state index in [1.165, 1.54) is 22.3 Å². The number of aryl methyl sites for hydroxylation is 1. The van der Waals surface area contributed by atoms with Gasteiger partial charge in [0.05, 0.1) is 11.6 Å². The summed E-state index contributed by atoms with van der Waals surface area (Å²) < 4.78 is 0. The van der Waals surface area contributed by atoms with Crippen molar-refractivity contribution in [2.24, 2.45) is 16.5 Å². The summed E-state index contributed by atoms with van der Waals surface area (Å²) in [5, 5.41) is 14.3. The Labute approximate surface area is 181 Å². The van der Waals surface area contributed by atoms with Gasteiger partial charge in [-0.1, -0.05) is 44.0 Å². The van der Waals surface area contributed by atoms with Gasteiger partial charge in [0.15, 0.2) is 0 Å². The van der Waals surface area contributed by atoms with Crippen molar-refractivity contribution in [3.05, 3.63) is 46.0 Å². The molecule has 2 aliphatic carbocycles. The van der Waals surface area contributed by atoms with Gasteiger partial charge < -0.3 is 9.94 Å². The Kier molecular flexibility index (Phi) is 6.45. The van der Waals surface area contributed by atoms with Crippen LogP contribution in [0.4, 0.5) is 0 Å². The van der Waals surface area contributed by atoms with Crippen molar-refractivity contribution in [1.82, 2.24) is 0 Å². The van der Waals surface area contributed by atoms with Crippen LogP contribution in [0.1, 0.15) is 95.4 Å². The van der Waals surface area contributed by atoms with E-state index in [0.717, 1.165) is 37.7 Å². The molecule has 0 aromatic heterocycles. The van der Waals surface area contributed by atoms with Crippen molar-refractivity contribution in [2.75, 3.05) is 6.61 Å². The summed E-state index contributed by atoms with van der Waals surface area (Å²) in [6, 6.07) is 4.61. The third-order valence-corrected chi connectivity index (χ3v) is 7.50. The molecule has 0 aliphatic heterocycles. The molecule has 1 saturated carbocycles. The van der Waals surface area contributed by atoms with E-state index in [9.17, 15) is 9.90 Å². The molecule has 0 saturated heterocycles. The van der Waals surface area contributed by atoms with E-state index >= 15 is 0 Å². The molecule has 3 rings (SSSR count). The number of carbonyl (C=O) groups is 1. The lowest BCUT2D eigenvalue weighted by Gasteiger charge is -2.53. The number of aliphatic carboxylic acids is 1. The van der Waals surface area contributed by atoms with Crippen LogP contribution in [-0.2, 0) is 21.5 Å². The predicted octanol–water partition coefficient (Wildman–Crippen LogP) is 6.22. The smallest absolute Gasteiger partial charge is 0.309 e. The maximum absolute atomic E-state index is 12.2. The van der Waals surface area contributed by atoms with Crippen LogP contribution in [0.3, 0.4) is 0 Å². The molecule has 1 unspecified atom stereocenters. The van der Waals surface area contributed by atoms with Crippen LogP contribution in [0.15, 0.2) is 28.9 Å². The minimum Gasteiger partial charge on any atom is -0.481 e. The van der Waals surface area contributed by atoms with E-state index in [1.54, 1.807) is 0 Å². The zero-order valence-electron chi connectivity index (χ0n) is 19.4. The number of hydrogen-bond donors (Lipinski definition) is 1. The number of fused-ring (bicyclic) bond motifs is 3. The van der Waals surface area contributed by atoms with Gasteiger partial charge in [0.1, 0.15) is 6.61 Å². The quantitative estimate of drug-likeness (QED) is 0.261. The average molecular weight is 412 g/mol. The van der Waals surface area contributed by atoms with Gasteiger partial charge in [-0.3, -0.25) is 4.79 Å². The number of nitrogens with zero attached hydrogens (tertiary/aromatic N) is 1. The zero-order chi connectivity index (χ0) is 22.1. The van der Waals surface area contributed by atoms with E-state index in [1.807, 2.05) is 33.1 Å². The Bertz CT molecular complexity index is 865. The summed E-state index contributed by atoms with van der Waals surface area (Å²) in [5.74, 6) is -0.0989. The summed E-state index contributed by atoms with van der Waals surface area (Å²) >= 11 is 0. The van der Waals surface area contributed by atoms with E-state index in [-0.39, 0.29) is 11.3 Å². The van der Waals surface area contributed by atoms with E-state index < -0.39 is 11.4 Å². The Morgan fingerprint density at radius 2 is 2.03 bits per heavy atom. The SMILES string of the molecule is CC(C)=CCO/N=C/c1cc2c(cc1C(C)C)CCC1[C@](C)(C(=O)O)CCC[C@]21C. The molecule has 1 fully saturated rings. The van der Waals surface area contributed by atoms with Gasteiger partial charge in [0.2, 0.25) is 0 Å². The van der Waals surface area contributed by atoms with Crippen molar-refractivity contribution >= 4 is 12.2 Å². The fourth-order valence-electron chi connectivity index (χ4n) is 5.76. The van der Waals surface area contributed by atoms with Crippen LogP contribution in [0.2, 0.25) is 0 Å². The summed E-state index contributed by atoms with van der Waals surface area (Å²) in [6.07, 6.45) is 8.51. The number of carboxylic acid groups (broad SMARTS) is 1. The normalized spacial score (nSPS) is 28.2. The Morgan fingerprint density at radius 3 is 2.67 bits per heavy atom. The third kappa shape index (κ3) is 4.06. The van der Waals surface area contributed by atoms with Crippen molar-refractivity contribution in [3.63, 3.8) is 0 Å². The van der Waals surface area contributed by atoms with Crippen LogP contribution >= 0.6 is 0 Å². The lowest BCUT2D eigenvalue weighted by atomic mass is 9.49. The van der Waals surface area contributed by atoms with Crippen LogP contribution < -0.4 is 0 Å². The number of benzene rings is 1. The highest BCUT2D eigenvalue weighted by molar-refractivity contribution is 5.83. The second-order valence-corrected chi connectivity index (χ2v) is 10.2. The molecular weight excluding hydrogens is 374 g/mol. The Balaban J connectivity index is 2.01. The molecule has 1 aromatic rings. The van der Waals surface area contributed by atoms with Crippen LogP contribution in [0.25, 0.3) is 0 Å². The third-order valence-electron chi connectivity index (χ3n) is 7.50. The number of rotatable bonds is 6. The minimum absolute atomic E-state index is 0.111. The Hall–Kier alpha value is -2.10. The molecule has 1 N–H and O–H groups in total. The van der Waals surface area contributed by atoms with Gasteiger partial charge in [-0.05, 0) is 98.1 Å². The fourth-order valence-corrected chi connectivity index (χ4v) is 5.76. The van der Waals surface area contributed by atoms with Gasteiger partial charge in [-0.25, -0.2) is 0 Å². The first kappa shape index (κ1) is 22.6. The number of carboxylic acids is 1. The largest absolute Gasteiger partial charge is 0.481 e. The standard InChI is InChI=1S/C26H37NO3/c1-17(2)10-13-30-27-16-20-15-22-19(14-21(20)18(3)4)8-9-23-25(22,5)11-7-12-26(23,6)24(28)29/h10,14-16,18,23H,7-9,11-13H2,1-6H3,(H,28,29)/b27-16+/t23?,25-,26-/m1/s1. The van der Waals surface area contributed by atoms with Crippen molar-refractivity contribution in [3.8, 4) is 0 Å². The van der Waals surface area contributed by atoms with E-state index in [0.29, 0.717) is 12.5 Å². The topological polar surface area (TPSA) is 58.9 Å². The fraction of sp³-hybridized carbons (Fsp3) is 0.615. The first-order valence-electron chi connectivity index (χ1n) is 11.3. The lowest BCUT2D eigenvalue weighted by molar-refractivity contribution is -0.157. The lowest BCUT2D eigenvalue weighted by Crippen LogP contribution is -2.52. The second-order valence-electron chi connectivity index (χ2n) is 10.2. The van der Waals surface area contributed by atoms with Gasteiger partial charge >= 0.3 is 5.97 Å². The highest BCUT2D eigenvalue weighted by Gasteiger charge is 2.55. The molecule has 0 radical (unpaired) electrons. The second kappa shape index (κ2) is 8.56. The molecule has 0 spiro atoms. The summed E-state index contributed by atoms with van der Waals surface area (Å²) in [5.41, 5.74) is 5.52. The maximum Gasteiger partial charge on any atom is 0.309 e. The summed E-state index contributed by atoms with van der Waals surface area (Å²) in [4.78, 5) is 17.6. The molecular formula is C26H37NO3. The zero-order valence-corrected chi connectivity index (χ0v) is 19.4. The molecule has 2 aliphatic rings. The van der Waals surface area contributed by atoms with Gasteiger partial charge in [0.25, 0.3) is 0 Å². The molecule has 3 atom stereocenters. The first-order chi connectivity index (χ1) is 14.1. The van der Waals surface area contributed by atoms with Crippen molar-refractivity contribution < 1.29 is 14.7 Å². The highest BCUT2D eigenvalue weighted by Crippen LogP contribution is 2.57. The van der Waals surface area contributed by atoms with E-state index in [4.69, 9.17) is 4.84 Å². The van der Waals surface area contributed by atoms with Crippen LogP contribution in [-0.4, -0.2) is 23.9 Å². The molecule has 0 heterocycles. The number of oxime groups is 1. The highest BCUT2D eigenvalue weighted by atomic mass is 16.6. The predicted molar refractivity (Wildman–Crippen MR) is 122 cm³/mol. The minimum atomic E-state index is -0.650.